The fraction of sp³-hybridized carbons (Fsp3) is 0.526. The molecule has 0 aromatic heterocycles. The Morgan fingerprint density at radius 2 is 1.68 bits per heavy atom. The molecule has 0 aliphatic carbocycles. The summed E-state index contributed by atoms with van der Waals surface area (Å²) < 4.78 is 5.12. The molecule has 1 aliphatic rings. The second-order valence-corrected chi connectivity index (χ2v) is 6.29. The van der Waals surface area contributed by atoms with E-state index in [-0.39, 0.29) is 42.3 Å². The van der Waals surface area contributed by atoms with Crippen molar-refractivity contribution >= 4 is 41.8 Å². The second kappa shape index (κ2) is 12.4. The fourth-order valence-corrected chi connectivity index (χ4v) is 2.81. The van der Waals surface area contributed by atoms with Crippen LogP contribution >= 0.6 is 24.0 Å². The summed E-state index contributed by atoms with van der Waals surface area (Å²) >= 11 is 0. The van der Waals surface area contributed by atoms with Gasteiger partial charge in [-0.2, -0.15) is 0 Å². The van der Waals surface area contributed by atoms with Crippen molar-refractivity contribution in [1.29, 1.82) is 0 Å². The third-order valence-corrected chi connectivity index (χ3v) is 4.38. The number of methoxy groups -OCH3 is 1. The topological polar surface area (TPSA) is 86.3 Å². The Hall–Kier alpha value is -2.04. The number of hydrogen-bond donors (Lipinski definition) is 2. The third kappa shape index (κ3) is 7.53. The first kappa shape index (κ1) is 24.0. The number of carbonyl (C=O) groups excluding carboxylic acids is 2. The average Bonchev–Trinajstić information content (AvgIpc) is 2.70. The van der Waals surface area contributed by atoms with Gasteiger partial charge < -0.3 is 25.2 Å². The van der Waals surface area contributed by atoms with Gasteiger partial charge in [0.1, 0.15) is 12.3 Å². The van der Waals surface area contributed by atoms with Crippen LogP contribution in [0.1, 0.15) is 19.4 Å². The first-order chi connectivity index (χ1) is 13.0. The van der Waals surface area contributed by atoms with Gasteiger partial charge in [-0.15, -0.1) is 24.0 Å². The first-order valence-electron chi connectivity index (χ1n) is 9.22. The number of hydrogen-bond acceptors (Lipinski definition) is 4. The summed E-state index contributed by atoms with van der Waals surface area (Å²) in [5.41, 5.74) is 1.00. The second-order valence-electron chi connectivity index (χ2n) is 6.29. The van der Waals surface area contributed by atoms with Crippen LogP contribution in [0, 0.1) is 0 Å². The van der Waals surface area contributed by atoms with Crippen molar-refractivity contribution < 1.29 is 14.3 Å². The highest BCUT2D eigenvalue weighted by Crippen LogP contribution is 2.10. The molecule has 1 saturated heterocycles. The molecule has 8 nitrogen and oxygen atoms in total. The van der Waals surface area contributed by atoms with E-state index in [1.54, 1.807) is 14.0 Å². The molecular weight excluding hydrogens is 473 g/mol. The maximum absolute atomic E-state index is 12.1. The minimum absolute atomic E-state index is 0. The van der Waals surface area contributed by atoms with Crippen molar-refractivity contribution in [3.8, 4) is 5.75 Å². The van der Waals surface area contributed by atoms with E-state index in [0.29, 0.717) is 38.7 Å². The number of piperazine rings is 1. The van der Waals surface area contributed by atoms with Gasteiger partial charge >= 0.3 is 0 Å². The average molecular weight is 503 g/mol. The zero-order chi connectivity index (χ0) is 19.6. The zero-order valence-electron chi connectivity index (χ0n) is 16.7. The van der Waals surface area contributed by atoms with E-state index in [0.717, 1.165) is 17.9 Å². The van der Waals surface area contributed by atoms with Crippen molar-refractivity contribution in [2.24, 2.45) is 4.99 Å². The van der Waals surface area contributed by atoms with Crippen molar-refractivity contribution in [3.05, 3.63) is 29.8 Å². The monoisotopic (exact) mass is 503 g/mol. The molecule has 0 atom stereocenters. The summed E-state index contributed by atoms with van der Waals surface area (Å²) in [6, 6.07) is 7.56. The van der Waals surface area contributed by atoms with Gasteiger partial charge in [-0.1, -0.05) is 12.1 Å². The van der Waals surface area contributed by atoms with Crippen LogP contribution in [0.5, 0.6) is 5.75 Å². The number of benzene rings is 1. The van der Waals surface area contributed by atoms with Crippen LogP contribution < -0.4 is 15.4 Å². The molecule has 0 radical (unpaired) electrons. The lowest BCUT2D eigenvalue weighted by molar-refractivity contribution is -0.130. The van der Waals surface area contributed by atoms with Gasteiger partial charge in [-0.25, -0.2) is 4.99 Å². The predicted molar refractivity (Wildman–Crippen MR) is 120 cm³/mol. The molecule has 1 fully saturated rings. The molecule has 0 bridgehead atoms. The van der Waals surface area contributed by atoms with Gasteiger partial charge in [-0.3, -0.25) is 9.59 Å². The largest absolute Gasteiger partial charge is 0.497 e. The number of nitrogens with zero attached hydrogens (tertiary/aromatic N) is 3. The maximum atomic E-state index is 12.1. The van der Waals surface area contributed by atoms with Crippen LogP contribution in [0.2, 0.25) is 0 Å². The van der Waals surface area contributed by atoms with E-state index in [1.165, 1.54) is 0 Å². The molecule has 0 saturated carbocycles. The van der Waals surface area contributed by atoms with E-state index in [4.69, 9.17) is 4.74 Å². The Bertz CT molecular complexity index is 658. The minimum atomic E-state index is -0.136. The van der Waals surface area contributed by atoms with Crippen LogP contribution in [0.15, 0.2) is 29.3 Å². The smallest absolute Gasteiger partial charge is 0.242 e. The van der Waals surface area contributed by atoms with Crippen LogP contribution in [0.4, 0.5) is 0 Å². The fourth-order valence-electron chi connectivity index (χ4n) is 2.81. The van der Waals surface area contributed by atoms with Crippen molar-refractivity contribution in [1.82, 2.24) is 20.4 Å². The Balaban J connectivity index is 0.00000392. The van der Waals surface area contributed by atoms with Gasteiger partial charge in [0.2, 0.25) is 11.8 Å². The number of amides is 2. The molecule has 9 heteroatoms. The Morgan fingerprint density at radius 1 is 1.07 bits per heavy atom. The van der Waals surface area contributed by atoms with Gasteiger partial charge in [-0.05, 0) is 24.6 Å². The van der Waals surface area contributed by atoms with Crippen molar-refractivity contribution in [3.63, 3.8) is 0 Å². The summed E-state index contributed by atoms with van der Waals surface area (Å²) in [5, 5.41) is 6.09. The summed E-state index contributed by atoms with van der Waals surface area (Å²) in [6.07, 6.45) is 0. The standard InChI is InChI=1S/C19H29N5O3.HI/c1-4-20-19(24-11-9-23(10-12-24)15(2)25)22-14-18(26)21-13-16-5-7-17(27-3)8-6-16;/h5-8H,4,9-14H2,1-3H3,(H,20,22)(H,21,26);1H. The highest BCUT2D eigenvalue weighted by atomic mass is 127. The first-order valence-corrected chi connectivity index (χ1v) is 9.22. The van der Waals surface area contributed by atoms with Crippen molar-refractivity contribution in [2.75, 3.05) is 46.4 Å². The van der Waals surface area contributed by atoms with Crippen LogP contribution in [0.25, 0.3) is 0 Å². The van der Waals surface area contributed by atoms with Gasteiger partial charge in [0.05, 0.1) is 7.11 Å². The number of ether oxygens (including phenoxy) is 1. The summed E-state index contributed by atoms with van der Waals surface area (Å²) in [7, 11) is 1.62. The predicted octanol–water partition coefficient (Wildman–Crippen LogP) is 1.06. The van der Waals surface area contributed by atoms with E-state index < -0.39 is 0 Å². The van der Waals surface area contributed by atoms with E-state index in [1.807, 2.05) is 36.1 Å². The molecule has 28 heavy (non-hydrogen) atoms. The van der Waals surface area contributed by atoms with Crippen LogP contribution in [-0.4, -0.2) is 74.0 Å². The lowest BCUT2D eigenvalue weighted by atomic mass is 10.2. The van der Waals surface area contributed by atoms with Gasteiger partial charge in [0.15, 0.2) is 5.96 Å². The molecular formula is C19H30IN5O3. The number of rotatable bonds is 6. The Labute approximate surface area is 183 Å². The molecule has 1 aromatic carbocycles. The molecule has 1 heterocycles. The van der Waals surface area contributed by atoms with E-state index >= 15 is 0 Å². The quantitative estimate of drug-likeness (QED) is 0.345. The minimum Gasteiger partial charge on any atom is -0.497 e. The third-order valence-electron chi connectivity index (χ3n) is 4.38. The molecule has 2 amide bonds. The summed E-state index contributed by atoms with van der Waals surface area (Å²) in [5.74, 6) is 1.45. The molecule has 2 N–H and O–H groups in total. The van der Waals surface area contributed by atoms with Crippen LogP contribution in [-0.2, 0) is 16.1 Å². The SMILES string of the molecule is CCNC(=NCC(=O)NCc1ccc(OC)cc1)N1CCN(C(C)=O)CC1.I. The van der Waals surface area contributed by atoms with Crippen molar-refractivity contribution in [2.45, 2.75) is 20.4 Å². The van der Waals surface area contributed by atoms with Gasteiger partial charge in [0, 0.05) is 46.2 Å². The van der Waals surface area contributed by atoms with Gasteiger partial charge in [0.25, 0.3) is 0 Å². The number of aliphatic imine (C=N–C) groups is 1. The lowest BCUT2D eigenvalue weighted by Gasteiger charge is -2.36. The molecule has 1 aliphatic heterocycles. The molecule has 0 spiro atoms. The molecule has 2 rings (SSSR count). The zero-order valence-corrected chi connectivity index (χ0v) is 19.1. The highest BCUT2D eigenvalue weighted by Gasteiger charge is 2.21. The number of guanidine groups is 1. The van der Waals surface area contributed by atoms with E-state index in [2.05, 4.69) is 20.5 Å². The molecule has 1 aromatic rings. The van der Waals surface area contributed by atoms with Crippen LogP contribution in [0.3, 0.4) is 0 Å². The summed E-state index contributed by atoms with van der Waals surface area (Å²) in [4.78, 5) is 31.9. The summed E-state index contributed by atoms with van der Waals surface area (Å²) in [6.45, 7) is 7.56. The highest BCUT2D eigenvalue weighted by molar-refractivity contribution is 14.0. The molecule has 0 unspecified atom stereocenters. The molecule has 156 valence electrons. The maximum Gasteiger partial charge on any atom is 0.242 e. The normalized spacial score (nSPS) is 14.2. The Morgan fingerprint density at radius 3 is 2.21 bits per heavy atom. The lowest BCUT2D eigenvalue weighted by Crippen LogP contribution is -2.53. The number of carbonyl (C=O) groups is 2. The van der Waals surface area contributed by atoms with E-state index in [9.17, 15) is 9.59 Å². The Kier molecular flexibility index (Phi) is 10.6. The number of halogens is 1. The number of nitrogens with one attached hydrogen (secondary N) is 2.